The predicted molar refractivity (Wildman–Crippen MR) is 98.5 cm³/mol. The molecule has 25 heavy (non-hydrogen) atoms. The summed E-state index contributed by atoms with van der Waals surface area (Å²) in [5.74, 6) is 0.594. The Morgan fingerprint density at radius 1 is 1.16 bits per heavy atom. The van der Waals surface area contributed by atoms with Crippen LogP contribution in [0.3, 0.4) is 0 Å². The predicted octanol–water partition coefficient (Wildman–Crippen LogP) is 2.97. The number of hydrogen-bond acceptors (Lipinski definition) is 3. The zero-order valence-corrected chi connectivity index (χ0v) is 14.2. The molecule has 0 saturated carbocycles. The second-order valence-electron chi connectivity index (χ2n) is 6.36. The summed E-state index contributed by atoms with van der Waals surface area (Å²) >= 11 is 0. The van der Waals surface area contributed by atoms with Gasteiger partial charge in [-0.1, -0.05) is 36.4 Å². The number of hydrogen-bond donors (Lipinski definition) is 1. The number of carbonyl (C=O) groups excluding carboxylic acids is 1. The van der Waals surface area contributed by atoms with Gasteiger partial charge in [0.15, 0.2) is 0 Å². The molecule has 5 nitrogen and oxygen atoms in total. The summed E-state index contributed by atoms with van der Waals surface area (Å²) in [5.41, 5.74) is 8.05. The molecule has 0 spiro atoms. The number of aryl methyl sites for hydroxylation is 2. The zero-order valence-electron chi connectivity index (χ0n) is 14.2. The molecule has 5 heteroatoms. The number of aromatic nitrogens is 2. The monoisotopic (exact) mass is 332 g/mol. The topological polar surface area (TPSA) is 59.3 Å². The molecule has 126 valence electrons. The van der Waals surface area contributed by atoms with Crippen LogP contribution in [-0.2, 0) is 24.7 Å². The van der Waals surface area contributed by atoms with Gasteiger partial charge in [-0.3, -0.25) is 4.79 Å². The first kappa shape index (κ1) is 15.6. The van der Waals surface area contributed by atoms with Gasteiger partial charge in [0.25, 0.3) is 0 Å². The molecule has 1 aliphatic rings. The molecule has 1 N–H and O–H groups in total. The molecule has 1 amide bonds. The summed E-state index contributed by atoms with van der Waals surface area (Å²) in [6.45, 7) is 0. The summed E-state index contributed by atoms with van der Waals surface area (Å²) in [6.07, 6.45) is 3.24. The number of nitrogens with one attached hydrogen (secondary N) is 1. The first-order valence-electron chi connectivity index (χ1n) is 8.56. The second-order valence-corrected chi connectivity index (χ2v) is 6.36. The van der Waals surface area contributed by atoms with Crippen molar-refractivity contribution in [3.8, 4) is 0 Å². The van der Waals surface area contributed by atoms with Crippen molar-refractivity contribution in [2.24, 2.45) is 12.1 Å². The molecule has 1 aromatic heterocycles. The molecule has 2 aromatic carbocycles. The first-order chi connectivity index (χ1) is 12.2. The zero-order chi connectivity index (χ0) is 17.2. The van der Waals surface area contributed by atoms with E-state index in [1.165, 1.54) is 5.56 Å². The highest BCUT2D eigenvalue weighted by atomic mass is 16.2. The van der Waals surface area contributed by atoms with Gasteiger partial charge in [0.1, 0.15) is 5.82 Å². The lowest BCUT2D eigenvalue weighted by Gasteiger charge is -2.17. The van der Waals surface area contributed by atoms with Crippen molar-refractivity contribution in [3.63, 3.8) is 0 Å². The second kappa shape index (κ2) is 6.51. The van der Waals surface area contributed by atoms with Crippen molar-refractivity contribution >= 4 is 22.7 Å². The van der Waals surface area contributed by atoms with Gasteiger partial charge in [0.2, 0.25) is 5.91 Å². The smallest absolute Gasteiger partial charge is 0.247 e. The van der Waals surface area contributed by atoms with E-state index in [0.717, 1.165) is 47.4 Å². The largest absolute Gasteiger partial charge is 0.331 e. The summed E-state index contributed by atoms with van der Waals surface area (Å²) < 4.78 is 1.96. The third kappa shape index (κ3) is 3.05. The highest BCUT2D eigenvalue weighted by molar-refractivity contribution is 6.03. The molecule has 0 atom stereocenters. The summed E-state index contributed by atoms with van der Waals surface area (Å²) in [7, 11) is 1.93. The maximum atomic E-state index is 12.3. The van der Waals surface area contributed by atoms with Crippen molar-refractivity contribution in [3.05, 3.63) is 65.5 Å². The fourth-order valence-corrected chi connectivity index (χ4v) is 3.38. The molecule has 3 aromatic rings. The average Bonchev–Trinajstić information content (AvgIpc) is 2.96. The van der Waals surface area contributed by atoms with Crippen molar-refractivity contribution in [2.75, 3.05) is 0 Å². The summed E-state index contributed by atoms with van der Waals surface area (Å²) in [5, 5.41) is 4.38. The molecule has 0 fully saturated rings. The number of imidazole rings is 1. The van der Waals surface area contributed by atoms with E-state index in [2.05, 4.69) is 27.6 Å². The number of fused-ring (bicyclic) bond motifs is 2. The minimum absolute atomic E-state index is 0.144. The lowest BCUT2D eigenvalue weighted by molar-refractivity contribution is -0.120. The van der Waals surface area contributed by atoms with E-state index < -0.39 is 0 Å². The Labute approximate surface area is 146 Å². The Bertz CT molecular complexity index is 971. The van der Waals surface area contributed by atoms with Crippen LogP contribution in [0.2, 0.25) is 0 Å². The SMILES string of the molecule is Cn1c(CC(=O)NN=C2CCCc3ccccc32)nc2ccccc21. The van der Waals surface area contributed by atoms with Crippen LogP contribution in [0.15, 0.2) is 53.6 Å². The van der Waals surface area contributed by atoms with Crippen LogP contribution >= 0.6 is 0 Å². The summed E-state index contributed by atoms with van der Waals surface area (Å²) in [6, 6.07) is 16.1. The van der Waals surface area contributed by atoms with Crippen LogP contribution in [0, 0.1) is 0 Å². The Hall–Kier alpha value is -2.95. The Morgan fingerprint density at radius 2 is 1.96 bits per heavy atom. The van der Waals surface area contributed by atoms with E-state index in [0.29, 0.717) is 0 Å². The third-order valence-corrected chi connectivity index (χ3v) is 4.70. The van der Waals surface area contributed by atoms with E-state index in [1.807, 2.05) is 48.0 Å². The molecule has 1 aliphatic carbocycles. The molecular weight excluding hydrogens is 312 g/mol. The van der Waals surface area contributed by atoms with Crippen LogP contribution in [-0.4, -0.2) is 21.2 Å². The van der Waals surface area contributed by atoms with Crippen molar-refractivity contribution in [2.45, 2.75) is 25.7 Å². The Kier molecular flexibility index (Phi) is 4.06. The molecule has 0 radical (unpaired) electrons. The van der Waals surface area contributed by atoms with Gasteiger partial charge < -0.3 is 4.57 Å². The quantitative estimate of drug-likeness (QED) is 0.750. The van der Waals surface area contributed by atoms with E-state index in [1.54, 1.807) is 0 Å². The number of amides is 1. The van der Waals surface area contributed by atoms with E-state index >= 15 is 0 Å². The van der Waals surface area contributed by atoms with Gasteiger partial charge >= 0.3 is 0 Å². The van der Waals surface area contributed by atoms with Crippen LogP contribution in [0.25, 0.3) is 11.0 Å². The number of carbonyl (C=O) groups is 1. The average molecular weight is 332 g/mol. The van der Waals surface area contributed by atoms with E-state index in [-0.39, 0.29) is 12.3 Å². The van der Waals surface area contributed by atoms with Gasteiger partial charge in [0.05, 0.1) is 23.2 Å². The van der Waals surface area contributed by atoms with Gasteiger partial charge in [0, 0.05) is 12.6 Å². The lowest BCUT2D eigenvalue weighted by Crippen LogP contribution is -2.24. The highest BCUT2D eigenvalue weighted by Crippen LogP contribution is 2.21. The molecule has 4 rings (SSSR count). The standard InChI is InChI=1S/C20H20N4O/c1-24-18-12-5-4-10-17(18)21-19(24)13-20(25)23-22-16-11-6-8-14-7-2-3-9-15(14)16/h2-5,7,9-10,12H,6,8,11,13H2,1H3,(H,23,25). The van der Waals surface area contributed by atoms with Gasteiger partial charge in [-0.05, 0) is 37.0 Å². The van der Waals surface area contributed by atoms with Crippen molar-refractivity contribution in [1.82, 2.24) is 15.0 Å². The highest BCUT2D eigenvalue weighted by Gasteiger charge is 2.16. The number of benzene rings is 2. The van der Waals surface area contributed by atoms with Crippen LogP contribution in [0.5, 0.6) is 0 Å². The molecule has 0 unspecified atom stereocenters. The Balaban J connectivity index is 1.50. The fourth-order valence-electron chi connectivity index (χ4n) is 3.38. The minimum atomic E-state index is -0.144. The van der Waals surface area contributed by atoms with Crippen LogP contribution in [0.4, 0.5) is 0 Å². The molecular formula is C20H20N4O. The van der Waals surface area contributed by atoms with Crippen molar-refractivity contribution in [1.29, 1.82) is 0 Å². The number of para-hydroxylation sites is 2. The Morgan fingerprint density at radius 3 is 2.84 bits per heavy atom. The molecule has 0 bridgehead atoms. The maximum absolute atomic E-state index is 12.3. The molecule has 1 heterocycles. The van der Waals surface area contributed by atoms with Gasteiger partial charge in [-0.15, -0.1) is 0 Å². The van der Waals surface area contributed by atoms with Crippen LogP contribution < -0.4 is 5.43 Å². The minimum Gasteiger partial charge on any atom is -0.331 e. The normalized spacial score (nSPS) is 15.3. The first-order valence-corrected chi connectivity index (χ1v) is 8.56. The number of hydrazone groups is 1. The summed E-state index contributed by atoms with van der Waals surface area (Å²) in [4.78, 5) is 16.9. The van der Waals surface area contributed by atoms with Crippen molar-refractivity contribution < 1.29 is 4.79 Å². The molecule has 0 saturated heterocycles. The van der Waals surface area contributed by atoms with E-state index in [9.17, 15) is 4.79 Å². The van der Waals surface area contributed by atoms with Gasteiger partial charge in [-0.2, -0.15) is 5.10 Å². The number of nitrogens with zero attached hydrogens (tertiary/aromatic N) is 3. The molecule has 0 aliphatic heterocycles. The lowest BCUT2D eigenvalue weighted by atomic mass is 9.90. The fraction of sp³-hybridized carbons (Fsp3) is 0.250. The van der Waals surface area contributed by atoms with Crippen LogP contribution in [0.1, 0.15) is 29.8 Å². The third-order valence-electron chi connectivity index (χ3n) is 4.70. The number of rotatable bonds is 3. The maximum Gasteiger partial charge on any atom is 0.247 e. The van der Waals surface area contributed by atoms with E-state index in [4.69, 9.17) is 0 Å². The van der Waals surface area contributed by atoms with Gasteiger partial charge in [-0.25, -0.2) is 10.4 Å².